The molecule has 1 fully saturated rings. The number of likely N-dealkylation sites (N-methyl/N-ethyl adjacent to an activating group) is 1. The van der Waals surface area contributed by atoms with E-state index in [2.05, 4.69) is 51.4 Å². The standard InChI is InChI=1S/C12H17BrN2/c1-15(12-5-6-12)8-7-14-11-4-2-3-10(13)9-11/h2-4,9,12,14H,5-8H2,1H3. The van der Waals surface area contributed by atoms with E-state index in [1.165, 1.54) is 18.5 Å². The molecule has 1 aromatic rings. The predicted molar refractivity (Wildman–Crippen MR) is 68.3 cm³/mol. The van der Waals surface area contributed by atoms with Crippen molar-refractivity contribution in [1.82, 2.24) is 4.90 Å². The van der Waals surface area contributed by atoms with Gasteiger partial charge in [0, 0.05) is 29.3 Å². The predicted octanol–water partition coefficient (Wildman–Crippen LogP) is 2.96. The normalized spacial score (nSPS) is 15.7. The smallest absolute Gasteiger partial charge is 0.0351 e. The number of anilines is 1. The molecule has 0 heterocycles. The van der Waals surface area contributed by atoms with Crippen LogP contribution in [0, 0.1) is 0 Å². The van der Waals surface area contributed by atoms with Gasteiger partial charge in [-0.1, -0.05) is 22.0 Å². The summed E-state index contributed by atoms with van der Waals surface area (Å²) in [7, 11) is 2.21. The quantitative estimate of drug-likeness (QED) is 0.884. The van der Waals surface area contributed by atoms with E-state index in [1.807, 2.05) is 6.07 Å². The van der Waals surface area contributed by atoms with Crippen LogP contribution in [0.3, 0.4) is 0 Å². The SMILES string of the molecule is CN(CCNc1cccc(Br)c1)C1CC1. The Kier molecular flexibility index (Phi) is 3.65. The van der Waals surface area contributed by atoms with E-state index in [0.29, 0.717) is 0 Å². The molecule has 1 aromatic carbocycles. The summed E-state index contributed by atoms with van der Waals surface area (Å²) in [6.45, 7) is 2.14. The Bertz CT molecular complexity index is 323. The average molecular weight is 269 g/mol. The molecule has 1 saturated carbocycles. The summed E-state index contributed by atoms with van der Waals surface area (Å²) in [5.74, 6) is 0. The summed E-state index contributed by atoms with van der Waals surface area (Å²) < 4.78 is 1.13. The highest BCUT2D eigenvalue weighted by molar-refractivity contribution is 9.10. The minimum Gasteiger partial charge on any atom is -0.384 e. The van der Waals surface area contributed by atoms with E-state index in [4.69, 9.17) is 0 Å². The molecule has 15 heavy (non-hydrogen) atoms. The maximum Gasteiger partial charge on any atom is 0.0351 e. The highest BCUT2D eigenvalue weighted by Gasteiger charge is 2.25. The fourth-order valence-electron chi connectivity index (χ4n) is 1.67. The molecule has 0 radical (unpaired) electrons. The van der Waals surface area contributed by atoms with Crippen LogP contribution in [0.1, 0.15) is 12.8 Å². The van der Waals surface area contributed by atoms with Gasteiger partial charge in [0.2, 0.25) is 0 Å². The minimum absolute atomic E-state index is 0.856. The molecule has 2 rings (SSSR count). The molecule has 0 atom stereocenters. The van der Waals surface area contributed by atoms with Gasteiger partial charge >= 0.3 is 0 Å². The van der Waals surface area contributed by atoms with Crippen LogP contribution in [-0.4, -0.2) is 31.1 Å². The maximum absolute atomic E-state index is 3.47. The van der Waals surface area contributed by atoms with Crippen LogP contribution in [0.5, 0.6) is 0 Å². The number of rotatable bonds is 5. The molecule has 82 valence electrons. The van der Waals surface area contributed by atoms with E-state index in [-0.39, 0.29) is 0 Å². The monoisotopic (exact) mass is 268 g/mol. The Labute approximate surface area is 99.8 Å². The minimum atomic E-state index is 0.856. The zero-order valence-corrected chi connectivity index (χ0v) is 10.6. The molecule has 1 aliphatic rings. The Balaban J connectivity index is 1.73. The van der Waals surface area contributed by atoms with Crippen molar-refractivity contribution in [3.8, 4) is 0 Å². The van der Waals surface area contributed by atoms with Crippen molar-refractivity contribution in [3.63, 3.8) is 0 Å². The maximum atomic E-state index is 3.47. The fraction of sp³-hybridized carbons (Fsp3) is 0.500. The average Bonchev–Trinajstić information content (AvgIpc) is 3.00. The Hall–Kier alpha value is -0.540. The summed E-state index contributed by atoms with van der Waals surface area (Å²) in [6, 6.07) is 9.16. The molecule has 1 aliphatic carbocycles. The van der Waals surface area contributed by atoms with Crippen LogP contribution in [0.25, 0.3) is 0 Å². The summed E-state index contributed by atoms with van der Waals surface area (Å²) in [4.78, 5) is 2.44. The van der Waals surface area contributed by atoms with Crippen molar-refractivity contribution in [2.45, 2.75) is 18.9 Å². The number of halogens is 1. The van der Waals surface area contributed by atoms with Gasteiger partial charge < -0.3 is 10.2 Å². The van der Waals surface area contributed by atoms with Gasteiger partial charge in [0.25, 0.3) is 0 Å². The summed E-state index contributed by atoms with van der Waals surface area (Å²) in [5.41, 5.74) is 1.19. The van der Waals surface area contributed by atoms with Gasteiger partial charge in [-0.25, -0.2) is 0 Å². The number of hydrogen-bond donors (Lipinski definition) is 1. The molecule has 0 bridgehead atoms. The van der Waals surface area contributed by atoms with Crippen LogP contribution in [-0.2, 0) is 0 Å². The molecule has 0 saturated heterocycles. The topological polar surface area (TPSA) is 15.3 Å². The van der Waals surface area contributed by atoms with Gasteiger partial charge in [-0.15, -0.1) is 0 Å². The first-order valence-electron chi connectivity index (χ1n) is 5.45. The molecule has 0 unspecified atom stereocenters. The lowest BCUT2D eigenvalue weighted by molar-refractivity contribution is 0.337. The molecule has 0 aliphatic heterocycles. The second-order valence-corrected chi connectivity index (χ2v) is 5.06. The molecule has 3 heteroatoms. The fourth-order valence-corrected chi connectivity index (χ4v) is 2.07. The Morgan fingerprint density at radius 1 is 1.47 bits per heavy atom. The van der Waals surface area contributed by atoms with E-state index < -0.39 is 0 Å². The second-order valence-electron chi connectivity index (χ2n) is 4.15. The van der Waals surface area contributed by atoms with Gasteiger partial charge in [-0.05, 0) is 38.1 Å². The van der Waals surface area contributed by atoms with E-state index in [1.54, 1.807) is 0 Å². The zero-order chi connectivity index (χ0) is 10.7. The van der Waals surface area contributed by atoms with Crippen molar-refractivity contribution in [3.05, 3.63) is 28.7 Å². The number of nitrogens with zero attached hydrogens (tertiary/aromatic N) is 1. The van der Waals surface area contributed by atoms with Crippen molar-refractivity contribution < 1.29 is 0 Å². The van der Waals surface area contributed by atoms with Crippen LogP contribution in [0.4, 0.5) is 5.69 Å². The van der Waals surface area contributed by atoms with Crippen molar-refractivity contribution in [2.24, 2.45) is 0 Å². The number of benzene rings is 1. The highest BCUT2D eigenvalue weighted by Crippen LogP contribution is 2.24. The molecular formula is C12H17BrN2. The Morgan fingerprint density at radius 3 is 2.93 bits per heavy atom. The number of nitrogens with one attached hydrogen (secondary N) is 1. The van der Waals surface area contributed by atoms with E-state index in [9.17, 15) is 0 Å². The van der Waals surface area contributed by atoms with Gasteiger partial charge in [-0.2, -0.15) is 0 Å². The van der Waals surface area contributed by atoms with Crippen molar-refractivity contribution >= 4 is 21.6 Å². The van der Waals surface area contributed by atoms with Crippen LogP contribution in [0.15, 0.2) is 28.7 Å². The lowest BCUT2D eigenvalue weighted by Gasteiger charge is -2.16. The van der Waals surface area contributed by atoms with Crippen molar-refractivity contribution in [1.29, 1.82) is 0 Å². The molecule has 1 N–H and O–H groups in total. The first kappa shape index (κ1) is 11.0. The first-order valence-corrected chi connectivity index (χ1v) is 6.25. The molecule has 0 aromatic heterocycles. The largest absolute Gasteiger partial charge is 0.384 e. The van der Waals surface area contributed by atoms with Gasteiger partial charge in [0.1, 0.15) is 0 Å². The molecule has 2 nitrogen and oxygen atoms in total. The lowest BCUT2D eigenvalue weighted by Crippen LogP contribution is -2.26. The molecule has 0 amide bonds. The number of hydrogen-bond acceptors (Lipinski definition) is 2. The summed E-state index contributed by atoms with van der Waals surface area (Å²) in [5, 5.41) is 3.43. The van der Waals surface area contributed by atoms with Crippen molar-refractivity contribution in [2.75, 3.05) is 25.5 Å². The van der Waals surface area contributed by atoms with Crippen LogP contribution in [0.2, 0.25) is 0 Å². The van der Waals surface area contributed by atoms with E-state index in [0.717, 1.165) is 23.6 Å². The second kappa shape index (κ2) is 4.99. The third-order valence-electron chi connectivity index (χ3n) is 2.79. The third kappa shape index (κ3) is 3.50. The van der Waals surface area contributed by atoms with Gasteiger partial charge in [0.15, 0.2) is 0 Å². The van der Waals surface area contributed by atoms with E-state index >= 15 is 0 Å². The zero-order valence-electron chi connectivity index (χ0n) is 9.04. The van der Waals surface area contributed by atoms with Crippen LogP contribution < -0.4 is 5.32 Å². The van der Waals surface area contributed by atoms with Crippen LogP contribution >= 0.6 is 15.9 Å². The highest BCUT2D eigenvalue weighted by atomic mass is 79.9. The van der Waals surface area contributed by atoms with Gasteiger partial charge in [0.05, 0.1) is 0 Å². The third-order valence-corrected chi connectivity index (χ3v) is 3.28. The molecular weight excluding hydrogens is 252 g/mol. The summed E-state index contributed by atoms with van der Waals surface area (Å²) in [6.07, 6.45) is 2.76. The van der Waals surface area contributed by atoms with Gasteiger partial charge in [-0.3, -0.25) is 0 Å². The summed E-state index contributed by atoms with van der Waals surface area (Å²) >= 11 is 3.47. The Morgan fingerprint density at radius 2 is 2.27 bits per heavy atom. The first-order chi connectivity index (χ1) is 7.25. The lowest BCUT2D eigenvalue weighted by atomic mass is 10.3. The molecule has 0 spiro atoms.